The molecule has 5 N–H and O–H groups in total. The monoisotopic (exact) mass is 529 g/mol. The Bertz CT molecular complexity index is 1400. The normalized spacial score (nSPS) is 10.4. The van der Waals surface area contributed by atoms with Crippen LogP contribution < -0.4 is 26.6 Å². The molecule has 0 spiro atoms. The van der Waals surface area contributed by atoms with Gasteiger partial charge in [-0.25, -0.2) is 4.98 Å². The van der Waals surface area contributed by atoms with Crippen LogP contribution in [0.2, 0.25) is 0 Å². The highest BCUT2D eigenvalue weighted by Crippen LogP contribution is 2.27. The van der Waals surface area contributed by atoms with Crippen molar-refractivity contribution in [2.75, 3.05) is 26.6 Å². The molecule has 0 radical (unpaired) electrons. The van der Waals surface area contributed by atoms with E-state index in [1.807, 2.05) is 84.9 Å². The fourth-order valence-corrected chi connectivity index (χ4v) is 4.41. The van der Waals surface area contributed by atoms with Gasteiger partial charge in [0.25, 0.3) is 0 Å². The smallest absolute Gasteiger partial charge is 0.235 e. The van der Waals surface area contributed by atoms with Crippen LogP contribution >= 0.6 is 35.8 Å². The number of anilines is 6. The predicted octanol–water partition coefficient (Wildman–Crippen LogP) is 5.84. The fourth-order valence-electron chi connectivity index (χ4n) is 3.14. The van der Waals surface area contributed by atoms with E-state index in [0.717, 1.165) is 21.6 Å². The van der Waals surface area contributed by atoms with E-state index in [9.17, 15) is 0 Å². The first kappa shape index (κ1) is 23.5. The van der Waals surface area contributed by atoms with E-state index < -0.39 is 0 Å². The van der Waals surface area contributed by atoms with Crippen molar-refractivity contribution < 1.29 is 0 Å². The maximum atomic E-state index is 5.44. The highest BCUT2D eigenvalue weighted by atomic mass is 32.1. The lowest BCUT2D eigenvalue weighted by Crippen LogP contribution is -2.24. The van der Waals surface area contributed by atoms with Crippen molar-refractivity contribution in [1.82, 2.24) is 19.9 Å². The topological polar surface area (TPSA) is 112 Å². The minimum absolute atomic E-state index is 0.229. The van der Waals surface area contributed by atoms with Crippen molar-refractivity contribution >= 4 is 90.6 Å². The number of hydrogen-bond donors (Lipinski definition) is 5. The highest BCUT2D eigenvalue weighted by molar-refractivity contribution is 7.81. The fraction of sp³-hybridized carbons (Fsp3) is 0. The molecule has 12 heteroatoms. The van der Waals surface area contributed by atoms with Gasteiger partial charge in [0.2, 0.25) is 17.8 Å². The number of benzene rings is 3. The van der Waals surface area contributed by atoms with E-state index in [-0.39, 0.29) is 17.8 Å². The van der Waals surface area contributed by atoms with Gasteiger partial charge in [-0.15, -0.1) is 0 Å². The van der Waals surface area contributed by atoms with Gasteiger partial charge < -0.3 is 21.3 Å². The van der Waals surface area contributed by atoms with Crippen LogP contribution in [0.25, 0.3) is 10.2 Å². The minimum atomic E-state index is 0.229. The number of nitrogens with one attached hydrogen (secondary N) is 5. The number of thiocarbonyl (C=S) groups is 2. The van der Waals surface area contributed by atoms with Crippen LogP contribution in [0, 0.1) is 0 Å². The maximum Gasteiger partial charge on any atom is 0.235 e. The summed E-state index contributed by atoms with van der Waals surface area (Å²) in [6, 6.07) is 27.0. The molecule has 0 aliphatic rings. The third-order valence-electron chi connectivity index (χ3n) is 4.66. The Labute approximate surface area is 221 Å². The third kappa shape index (κ3) is 6.24. The molecule has 0 unspecified atom stereocenters. The van der Waals surface area contributed by atoms with Crippen molar-refractivity contribution in [1.29, 1.82) is 0 Å². The van der Waals surface area contributed by atoms with Crippen LogP contribution in [0.5, 0.6) is 0 Å². The number of hydrogen-bond acceptors (Lipinski definition) is 8. The number of thiazole rings is 1. The second kappa shape index (κ2) is 11.0. The number of nitrogens with zero attached hydrogens (tertiary/aromatic N) is 4. The standard InChI is InChI=1S/C24H19N9S3/c34-22(25-15-9-3-1-4-10-15)31-19-28-20(32-23(35)26-16-11-5-2-6-12-16)30-21(29-19)33-24-27-17-13-7-8-14-18(17)36-24/h1-14H,(H5,25,26,27,28,29,30,31,32,33,34,35). The first-order chi connectivity index (χ1) is 17.6. The second-order valence-electron chi connectivity index (χ2n) is 7.31. The van der Waals surface area contributed by atoms with Crippen molar-refractivity contribution in [3.05, 3.63) is 84.9 Å². The van der Waals surface area contributed by atoms with E-state index in [2.05, 4.69) is 46.5 Å². The molecule has 2 heterocycles. The van der Waals surface area contributed by atoms with Gasteiger partial charge in [-0.3, -0.25) is 5.32 Å². The van der Waals surface area contributed by atoms with Crippen LogP contribution in [-0.2, 0) is 0 Å². The molecule has 0 aliphatic heterocycles. The predicted molar refractivity (Wildman–Crippen MR) is 155 cm³/mol. The van der Waals surface area contributed by atoms with E-state index in [1.54, 1.807) is 0 Å². The van der Waals surface area contributed by atoms with Crippen LogP contribution in [0.4, 0.5) is 34.4 Å². The van der Waals surface area contributed by atoms with E-state index in [1.165, 1.54) is 11.3 Å². The van der Waals surface area contributed by atoms with Crippen LogP contribution in [0.15, 0.2) is 84.9 Å². The summed E-state index contributed by atoms with van der Waals surface area (Å²) in [5.74, 6) is 0.734. The number of rotatable bonds is 6. The third-order valence-corrected chi connectivity index (χ3v) is 6.02. The zero-order valence-electron chi connectivity index (χ0n) is 18.6. The molecule has 36 heavy (non-hydrogen) atoms. The summed E-state index contributed by atoms with van der Waals surface area (Å²) in [4.78, 5) is 17.9. The lowest BCUT2D eigenvalue weighted by atomic mass is 10.3. The van der Waals surface area contributed by atoms with Crippen LogP contribution in [0.1, 0.15) is 0 Å². The van der Waals surface area contributed by atoms with Gasteiger partial charge >= 0.3 is 0 Å². The van der Waals surface area contributed by atoms with Crippen molar-refractivity contribution in [2.24, 2.45) is 0 Å². The van der Waals surface area contributed by atoms with Crippen molar-refractivity contribution in [2.45, 2.75) is 0 Å². The lowest BCUT2D eigenvalue weighted by Gasteiger charge is -2.13. The molecular formula is C24H19N9S3. The lowest BCUT2D eigenvalue weighted by molar-refractivity contribution is 1.07. The Morgan fingerprint density at radius 1 is 0.556 bits per heavy atom. The number of para-hydroxylation sites is 3. The summed E-state index contributed by atoms with van der Waals surface area (Å²) in [6.07, 6.45) is 0. The molecule has 5 rings (SSSR count). The zero-order chi connectivity index (χ0) is 24.7. The Morgan fingerprint density at radius 3 is 1.61 bits per heavy atom. The molecule has 0 saturated carbocycles. The Hall–Kier alpha value is -4.26. The minimum Gasteiger partial charge on any atom is -0.332 e. The highest BCUT2D eigenvalue weighted by Gasteiger charge is 2.12. The van der Waals surface area contributed by atoms with Gasteiger partial charge in [-0.2, -0.15) is 15.0 Å². The number of fused-ring (bicyclic) bond motifs is 1. The van der Waals surface area contributed by atoms with Crippen molar-refractivity contribution in [3.63, 3.8) is 0 Å². The Kier molecular flexibility index (Phi) is 7.17. The molecule has 0 aliphatic carbocycles. The average Bonchev–Trinajstić information content (AvgIpc) is 3.27. The van der Waals surface area contributed by atoms with Gasteiger partial charge in [-0.1, -0.05) is 59.9 Å². The first-order valence-corrected chi connectivity index (χ1v) is 12.4. The average molecular weight is 530 g/mol. The first-order valence-electron chi connectivity index (χ1n) is 10.8. The number of aromatic nitrogens is 4. The zero-order valence-corrected chi connectivity index (χ0v) is 21.0. The molecule has 0 amide bonds. The quantitative estimate of drug-likeness (QED) is 0.171. The molecule has 0 fully saturated rings. The van der Waals surface area contributed by atoms with Crippen LogP contribution in [0.3, 0.4) is 0 Å². The molecule has 0 saturated heterocycles. The van der Waals surface area contributed by atoms with Gasteiger partial charge in [-0.05, 0) is 60.8 Å². The van der Waals surface area contributed by atoms with Gasteiger partial charge in [0, 0.05) is 11.4 Å². The van der Waals surface area contributed by atoms with E-state index >= 15 is 0 Å². The van der Waals surface area contributed by atoms with Gasteiger partial charge in [0.1, 0.15) is 0 Å². The Morgan fingerprint density at radius 2 is 1.06 bits per heavy atom. The molecule has 0 atom stereocenters. The largest absolute Gasteiger partial charge is 0.332 e. The SMILES string of the molecule is S=C(Nc1ccccc1)Nc1nc(NC(=S)Nc2ccccc2)nc(Nc2nc3ccccc3s2)n1. The van der Waals surface area contributed by atoms with Crippen LogP contribution in [-0.4, -0.2) is 30.2 Å². The summed E-state index contributed by atoms with van der Waals surface area (Å²) in [5, 5.41) is 16.7. The summed E-state index contributed by atoms with van der Waals surface area (Å²) >= 11 is 12.4. The summed E-state index contributed by atoms with van der Waals surface area (Å²) in [7, 11) is 0. The Balaban J connectivity index is 1.37. The van der Waals surface area contributed by atoms with E-state index in [0.29, 0.717) is 15.4 Å². The molecule has 178 valence electrons. The van der Waals surface area contributed by atoms with E-state index in [4.69, 9.17) is 24.4 Å². The second-order valence-corrected chi connectivity index (χ2v) is 9.16. The van der Waals surface area contributed by atoms with Crippen molar-refractivity contribution in [3.8, 4) is 0 Å². The summed E-state index contributed by atoms with van der Waals surface area (Å²) < 4.78 is 1.05. The molecule has 5 aromatic rings. The molecule has 3 aromatic carbocycles. The maximum absolute atomic E-state index is 5.44. The summed E-state index contributed by atoms with van der Waals surface area (Å²) in [6.45, 7) is 0. The molecule has 9 nitrogen and oxygen atoms in total. The van der Waals surface area contributed by atoms with Gasteiger partial charge in [0.05, 0.1) is 10.2 Å². The van der Waals surface area contributed by atoms with Gasteiger partial charge in [0.15, 0.2) is 15.4 Å². The molecule has 2 aromatic heterocycles. The molecule has 0 bridgehead atoms. The molecular weight excluding hydrogens is 511 g/mol. The summed E-state index contributed by atoms with van der Waals surface area (Å²) in [5.41, 5.74) is 2.56.